The van der Waals surface area contributed by atoms with Gasteiger partial charge in [0.2, 0.25) is 0 Å². The van der Waals surface area contributed by atoms with Crippen LogP contribution < -0.4 is 4.90 Å². The summed E-state index contributed by atoms with van der Waals surface area (Å²) in [5.74, 6) is 0. The van der Waals surface area contributed by atoms with Crippen molar-refractivity contribution in [3.05, 3.63) is 29.0 Å². The second kappa shape index (κ2) is 5.06. The highest BCUT2D eigenvalue weighted by atomic mass is 79.9. The lowest BCUT2D eigenvalue weighted by molar-refractivity contribution is -0.00514. The largest absolute Gasteiger partial charge is 0.372 e. The molecule has 0 aliphatic carbocycles. The fourth-order valence-corrected chi connectivity index (χ4v) is 2.94. The molecule has 3 rings (SSSR count). The van der Waals surface area contributed by atoms with Gasteiger partial charge >= 0.3 is 0 Å². The van der Waals surface area contributed by atoms with Gasteiger partial charge in [-0.2, -0.15) is 0 Å². The van der Waals surface area contributed by atoms with Crippen LogP contribution in [0.1, 0.15) is 13.8 Å². The molecule has 1 fully saturated rings. The molecule has 0 bridgehead atoms. The van der Waals surface area contributed by atoms with Crippen LogP contribution in [0.3, 0.4) is 0 Å². The lowest BCUT2D eigenvalue weighted by Gasteiger charge is -2.37. The molecule has 2 aromatic heterocycles. The fourth-order valence-electron chi connectivity index (χ4n) is 2.62. The van der Waals surface area contributed by atoms with Crippen LogP contribution in [0.5, 0.6) is 0 Å². The van der Waals surface area contributed by atoms with Gasteiger partial charge < -0.3 is 9.64 Å². The zero-order chi connectivity index (χ0) is 13.4. The van der Waals surface area contributed by atoms with Crippen molar-refractivity contribution in [2.24, 2.45) is 0 Å². The van der Waals surface area contributed by atoms with Gasteiger partial charge in [-0.1, -0.05) is 0 Å². The van der Waals surface area contributed by atoms with Crippen LogP contribution in [0, 0.1) is 0 Å². The van der Waals surface area contributed by atoms with E-state index in [1.54, 1.807) is 0 Å². The molecule has 2 aromatic rings. The molecule has 0 amide bonds. The standard InChI is InChI=1S/C14H16BrN3O/c1-9-7-18(8-10(2)19-9)13-3-4-16-12-5-11(15)6-17-14(12)13/h3-6,9-10H,7-8H2,1-2H3/t9-,10+. The number of aromatic nitrogens is 2. The minimum Gasteiger partial charge on any atom is -0.372 e. The van der Waals surface area contributed by atoms with Crippen molar-refractivity contribution in [2.45, 2.75) is 26.1 Å². The molecule has 5 heteroatoms. The molecule has 1 aliphatic heterocycles. The molecule has 4 nitrogen and oxygen atoms in total. The summed E-state index contributed by atoms with van der Waals surface area (Å²) in [6.45, 7) is 5.99. The average molecular weight is 322 g/mol. The van der Waals surface area contributed by atoms with Crippen LogP contribution in [-0.4, -0.2) is 35.3 Å². The predicted molar refractivity (Wildman–Crippen MR) is 79.5 cm³/mol. The third-order valence-electron chi connectivity index (χ3n) is 3.28. The van der Waals surface area contributed by atoms with Gasteiger partial charge in [-0.05, 0) is 41.9 Å². The first-order valence-electron chi connectivity index (χ1n) is 6.44. The van der Waals surface area contributed by atoms with Crippen molar-refractivity contribution in [1.82, 2.24) is 9.97 Å². The van der Waals surface area contributed by atoms with Gasteiger partial charge in [-0.3, -0.25) is 9.97 Å². The first-order valence-corrected chi connectivity index (χ1v) is 7.23. The summed E-state index contributed by atoms with van der Waals surface area (Å²) in [4.78, 5) is 11.2. The molecule has 1 saturated heterocycles. The Labute approximate surface area is 120 Å². The maximum atomic E-state index is 5.78. The normalized spacial score (nSPS) is 23.8. The fraction of sp³-hybridized carbons (Fsp3) is 0.429. The Morgan fingerprint density at radius 1 is 1.26 bits per heavy atom. The number of hydrogen-bond acceptors (Lipinski definition) is 4. The number of pyridine rings is 2. The highest BCUT2D eigenvalue weighted by molar-refractivity contribution is 9.10. The summed E-state index contributed by atoms with van der Waals surface area (Å²) in [6.07, 6.45) is 4.14. The molecule has 19 heavy (non-hydrogen) atoms. The predicted octanol–water partition coefficient (Wildman–Crippen LogP) is 3.01. The molecule has 100 valence electrons. The van der Waals surface area contributed by atoms with Gasteiger partial charge in [-0.15, -0.1) is 0 Å². The zero-order valence-electron chi connectivity index (χ0n) is 11.0. The summed E-state index contributed by atoms with van der Waals surface area (Å²) in [5.41, 5.74) is 3.00. The van der Waals surface area contributed by atoms with Gasteiger partial charge in [0.1, 0.15) is 5.52 Å². The summed E-state index contributed by atoms with van der Waals surface area (Å²) < 4.78 is 6.74. The Kier molecular flexibility index (Phi) is 3.41. The number of fused-ring (bicyclic) bond motifs is 1. The molecule has 0 N–H and O–H groups in total. The lowest BCUT2D eigenvalue weighted by atomic mass is 10.2. The smallest absolute Gasteiger partial charge is 0.112 e. The summed E-state index contributed by atoms with van der Waals surface area (Å²) in [7, 11) is 0. The van der Waals surface area contributed by atoms with E-state index >= 15 is 0 Å². The Balaban J connectivity index is 2.04. The van der Waals surface area contributed by atoms with E-state index in [-0.39, 0.29) is 12.2 Å². The van der Waals surface area contributed by atoms with Crippen molar-refractivity contribution < 1.29 is 4.74 Å². The number of halogens is 1. The molecule has 1 aliphatic rings. The quantitative estimate of drug-likeness (QED) is 0.809. The molecule has 2 atom stereocenters. The van der Waals surface area contributed by atoms with Crippen molar-refractivity contribution in [1.29, 1.82) is 0 Å². The highest BCUT2D eigenvalue weighted by Crippen LogP contribution is 2.27. The van der Waals surface area contributed by atoms with Gasteiger partial charge in [0, 0.05) is 30.0 Å². The zero-order valence-corrected chi connectivity index (χ0v) is 12.6. The second-order valence-electron chi connectivity index (χ2n) is 5.01. The van der Waals surface area contributed by atoms with E-state index in [0.717, 1.165) is 34.3 Å². The minimum absolute atomic E-state index is 0.238. The van der Waals surface area contributed by atoms with Gasteiger partial charge in [0.25, 0.3) is 0 Å². The maximum Gasteiger partial charge on any atom is 0.112 e. The minimum atomic E-state index is 0.238. The number of nitrogens with zero attached hydrogens (tertiary/aromatic N) is 3. The van der Waals surface area contributed by atoms with E-state index in [1.165, 1.54) is 0 Å². The van der Waals surface area contributed by atoms with Crippen LogP contribution in [0.4, 0.5) is 5.69 Å². The van der Waals surface area contributed by atoms with Crippen molar-refractivity contribution in [2.75, 3.05) is 18.0 Å². The van der Waals surface area contributed by atoms with E-state index in [1.807, 2.05) is 24.5 Å². The van der Waals surface area contributed by atoms with Crippen molar-refractivity contribution in [3.63, 3.8) is 0 Å². The molecule has 0 radical (unpaired) electrons. The highest BCUT2D eigenvalue weighted by Gasteiger charge is 2.23. The Bertz CT molecular complexity index is 594. The number of hydrogen-bond donors (Lipinski definition) is 0. The molecule has 0 spiro atoms. The third kappa shape index (κ3) is 2.58. The average Bonchev–Trinajstić information content (AvgIpc) is 2.36. The van der Waals surface area contributed by atoms with Crippen molar-refractivity contribution in [3.8, 4) is 0 Å². The van der Waals surface area contributed by atoms with Crippen LogP contribution in [0.2, 0.25) is 0 Å². The topological polar surface area (TPSA) is 38.2 Å². The maximum absolute atomic E-state index is 5.78. The van der Waals surface area contributed by atoms with E-state index in [9.17, 15) is 0 Å². The monoisotopic (exact) mass is 321 g/mol. The van der Waals surface area contributed by atoms with E-state index in [0.29, 0.717) is 0 Å². The molecule has 0 unspecified atom stereocenters. The summed E-state index contributed by atoms with van der Waals surface area (Å²) in [6, 6.07) is 4.03. The molecular formula is C14H16BrN3O. The third-order valence-corrected chi connectivity index (χ3v) is 3.72. The molecule has 0 saturated carbocycles. The molecule has 0 aromatic carbocycles. The van der Waals surface area contributed by atoms with Crippen molar-refractivity contribution >= 4 is 32.7 Å². The molecule has 3 heterocycles. The number of morpholine rings is 1. The van der Waals surface area contributed by atoms with E-state index < -0.39 is 0 Å². The Hall–Kier alpha value is -1.20. The van der Waals surface area contributed by atoms with Crippen LogP contribution >= 0.6 is 15.9 Å². The second-order valence-corrected chi connectivity index (χ2v) is 5.93. The number of anilines is 1. The number of rotatable bonds is 1. The van der Waals surface area contributed by atoms with Gasteiger partial charge in [0.05, 0.1) is 23.4 Å². The Morgan fingerprint density at radius 3 is 2.74 bits per heavy atom. The first-order chi connectivity index (χ1) is 9.13. The van der Waals surface area contributed by atoms with Gasteiger partial charge in [-0.25, -0.2) is 0 Å². The number of ether oxygens (including phenoxy) is 1. The summed E-state index contributed by atoms with van der Waals surface area (Å²) >= 11 is 3.44. The van der Waals surface area contributed by atoms with Crippen LogP contribution in [-0.2, 0) is 4.74 Å². The van der Waals surface area contributed by atoms with E-state index in [4.69, 9.17) is 4.74 Å². The first kappa shape index (κ1) is 12.8. The molecular weight excluding hydrogens is 306 g/mol. The van der Waals surface area contributed by atoms with Crippen LogP contribution in [0.15, 0.2) is 29.0 Å². The summed E-state index contributed by atoms with van der Waals surface area (Å²) in [5, 5.41) is 0. The SMILES string of the molecule is C[C@@H]1CN(c2ccnc3cc(Br)cnc23)C[C@H](C)O1. The van der Waals surface area contributed by atoms with E-state index in [2.05, 4.69) is 44.6 Å². The van der Waals surface area contributed by atoms with Gasteiger partial charge in [0.15, 0.2) is 0 Å². The Morgan fingerprint density at radius 2 is 2.00 bits per heavy atom. The lowest BCUT2D eigenvalue weighted by Crippen LogP contribution is -2.45. The van der Waals surface area contributed by atoms with Crippen LogP contribution in [0.25, 0.3) is 11.0 Å².